The molecule has 0 aliphatic rings. The van der Waals surface area contributed by atoms with Crippen molar-refractivity contribution in [3.05, 3.63) is 29.6 Å². The average molecular weight is 283 g/mol. The van der Waals surface area contributed by atoms with Crippen LogP contribution in [0.1, 0.15) is 25.3 Å². The van der Waals surface area contributed by atoms with Gasteiger partial charge in [-0.15, -0.1) is 0 Å². The molecule has 0 saturated carbocycles. The minimum atomic E-state index is -0.680. The lowest BCUT2D eigenvalue weighted by Crippen LogP contribution is -2.21. The van der Waals surface area contributed by atoms with E-state index in [2.05, 4.69) is 10.5 Å². The fraction of sp³-hybridized carbons (Fsp3) is 0.385. The van der Waals surface area contributed by atoms with E-state index in [1.165, 1.54) is 12.1 Å². The van der Waals surface area contributed by atoms with Crippen LogP contribution < -0.4 is 11.1 Å². The molecule has 0 atom stereocenters. The van der Waals surface area contributed by atoms with E-state index in [9.17, 15) is 9.18 Å². The molecule has 20 heavy (non-hydrogen) atoms. The highest BCUT2D eigenvalue weighted by Crippen LogP contribution is 2.18. The number of hydrogen-bond donors (Lipinski definition) is 3. The SMILES string of the molecule is CCCOCCC(=O)Nc1cccc(F)c1C(N)=NO. The van der Waals surface area contributed by atoms with Gasteiger partial charge in [0.1, 0.15) is 5.82 Å². The van der Waals surface area contributed by atoms with E-state index >= 15 is 0 Å². The van der Waals surface area contributed by atoms with Crippen LogP contribution in [0.4, 0.5) is 10.1 Å². The molecule has 1 aromatic carbocycles. The van der Waals surface area contributed by atoms with Crippen LogP contribution in [-0.4, -0.2) is 30.2 Å². The first-order valence-electron chi connectivity index (χ1n) is 6.24. The summed E-state index contributed by atoms with van der Waals surface area (Å²) < 4.78 is 18.8. The topological polar surface area (TPSA) is 96.9 Å². The Morgan fingerprint density at radius 1 is 1.50 bits per heavy atom. The summed E-state index contributed by atoms with van der Waals surface area (Å²) in [6, 6.07) is 4.06. The summed E-state index contributed by atoms with van der Waals surface area (Å²) in [7, 11) is 0. The number of carbonyl (C=O) groups excluding carboxylic acids is 1. The number of nitrogens with zero attached hydrogens (tertiary/aromatic N) is 1. The van der Waals surface area contributed by atoms with Crippen LogP contribution >= 0.6 is 0 Å². The highest BCUT2D eigenvalue weighted by Gasteiger charge is 2.14. The lowest BCUT2D eigenvalue weighted by molar-refractivity contribution is -0.117. The molecule has 7 heteroatoms. The first-order valence-corrected chi connectivity index (χ1v) is 6.24. The van der Waals surface area contributed by atoms with Gasteiger partial charge >= 0.3 is 0 Å². The maximum absolute atomic E-state index is 13.6. The lowest BCUT2D eigenvalue weighted by Gasteiger charge is -2.11. The summed E-state index contributed by atoms with van der Waals surface area (Å²) in [6.07, 6.45) is 1.02. The monoisotopic (exact) mass is 283 g/mol. The van der Waals surface area contributed by atoms with Crippen molar-refractivity contribution in [2.45, 2.75) is 19.8 Å². The number of halogens is 1. The van der Waals surface area contributed by atoms with Gasteiger partial charge in [-0.1, -0.05) is 18.1 Å². The summed E-state index contributed by atoms with van der Waals surface area (Å²) in [5.74, 6) is -1.42. The normalized spacial score (nSPS) is 11.4. The highest BCUT2D eigenvalue weighted by atomic mass is 19.1. The number of hydrogen-bond acceptors (Lipinski definition) is 4. The molecule has 0 unspecified atom stereocenters. The van der Waals surface area contributed by atoms with Crippen LogP contribution in [0.5, 0.6) is 0 Å². The number of carbonyl (C=O) groups is 1. The van der Waals surface area contributed by atoms with Gasteiger partial charge in [-0.3, -0.25) is 4.79 Å². The van der Waals surface area contributed by atoms with Gasteiger partial charge in [-0.25, -0.2) is 4.39 Å². The predicted octanol–water partition coefficient (Wildman–Crippen LogP) is 1.68. The van der Waals surface area contributed by atoms with Gasteiger partial charge in [0.25, 0.3) is 0 Å². The number of benzene rings is 1. The zero-order valence-electron chi connectivity index (χ0n) is 11.2. The van der Waals surface area contributed by atoms with E-state index < -0.39 is 11.7 Å². The van der Waals surface area contributed by atoms with E-state index in [1.807, 2.05) is 6.92 Å². The second-order valence-corrected chi connectivity index (χ2v) is 4.06. The maximum Gasteiger partial charge on any atom is 0.226 e. The number of ether oxygens (including phenoxy) is 1. The average Bonchev–Trinajstić information content (AvgIpc) is 2.43. The number of nitrogens with one attached hydrogen (secondary N) is 1. The molecule has 0 bridgehead atoms. The molecule has 0 saturated heterocycles. The molecule has 1 rings (SSSR count). The minimum Gasteiger partial charge on any atom is -0.409 e. The lowest BCUT2D eigenvalue weighted by atomic mass is 10.1. The third kappa shape index (κ3) is 4.51. The molecule has 0 heterocycles. The molecule has 1 aromatic rings. The Labute approximate surface area is 116 Å². The zero-order valence-corrected chi connectivity index (χ0v) is 11.2. The van der Waals surface area contributed by atoms with E-state index in [-0.39, 0.29) is 30.2 Å². The highest BCUT2D eigenvalue weighted by molar-refractivity contribution is 6.05. The molecule has 1 amide bonds. The Bertz CT molecular complexity index is 492. The molecule has 0 aliphatic heterocycles. The largest absolute Gasteiger partial charge is 0.409 e. The quantitative estimate of drug-likeness (QED) is 0.233. The second-order valence-electron chi connectivity index (χ2n) is 4.06. The zero-order chi connectivity index (χ0) is 15.0. The number of anilines is 1. The summed E-state index contributed by atoms with van der Waals surface area (Å²) in [4.78, 5) is 11.7. The number of rotatable bonds is 7. The van der Waals surface area contributed by atoms with Crippen LogP contribution in [0.25, 0.3) is 0 Å². The summed E-state index contributed by atoms with van der Waals surface area (Å²) in [5, 5.41) is 13.9. The molecule has 0 aromatic heterocycles. The molecular formula is C13H18FN3O3. The van der Waals surface area contributed by atoms with Gasteiger partial charge in [0.15, 0.2) is 5.84 Å². The molecule has 0 fully saturated rings. The molecule has 6 nitrogen and oxygen atoms in total. The van der Waals surface area contributed by atoms with Gasteiger partial charge in [-0.2, -0.15) is 0 Å². The van der Waals surface area contributed by atoms with Gasteiger partial charge < -0.3 is 21.0 Å². The van der Waals surface area contributed by atoms with Crippen LogP contribution in [0.15, 0.2) is 23.4 Å². The summed E-state index contributed by atoms with van der Waals surface area (Å²) in [6.45, 7) is 2.84. The smallest absolute Gasteiger partial charge is 0.226 e. The predicted molar refractivity (Wildman–Crippen MR) is 73.3 cm³/mol. The van der Waals surface area contributed by atoms with Crippen molar-refractivity contribution in [3.63, 3.8) is 0 Å². The molecule has 110 valence electrons. The van der Waals surface area contributed by atoms with Gasteiger partial charge in [0, 0.05) is 6.61 Å². The Morgan fingerprint density at radius 3 is 2.90 bits per heavy atom. The van der Waals surface area contributed by atoms with E-state index in [4.69, 9.17) is 15.7 Å². The van der Waals surface area contributed by atoms with Crippen molar-refractivity contribution in [2.75, 3.05) is 18.5 Å². The summed E-state index contributed by atoms with van der Waals surface area (Å²) in [5.41, 5.74) is 5.41. The third-order valence-electron chi connectivity index (χ3n) is 2.47. The van der Waals surface area contributed by atoms with Crippen molar-refractivity contribution in [1.82, 2.24) is 0 Å². The van der Waals surface area contributed by atoms with Gasteiger partial charge in [-0.05, 0) is 18.6 Å². The number of amidine groups is 1. The molecule has 4 N–H and O–H groups in total. The first-order chi connectivity index (χ1) is 9.60. The van der Waals surface area contributed by atoms with Crippen molar-refractivity contribution < 1.29 is 19.1 Å². The Balaban J connectivity index is 2.72. The Kier molecular flexibility index (Phi) is 6.45. The van der Waals surface area contributed by atoms with Crippen molar-refractivity contribution >= 4 is 17.4 Å². The molecule has 0 spiro atoms. The first kappa shape index (κ1) is 15.9. The van der Waals surface area contributed by atoms with Crippen LogP contribution in [0.3, 0.4) is 0 Å². The molecule has 0 radical (unpaired) electrons. The molecular weight excluding hydrogens is 265 g/mol. The summed E-state index contributed by atoms with van der Waals surface area (Å²) >= 11 is 0. The standard InChI is InChI=1S/C13H18FN3O3/c1-2-7-20-8-6-11(18)16-10-5-3-4-9(14)12(10)13(15)17-19/h3-5,19H,2,6-8H2,1H3,(H2,15,17)(H,16,18). The third-order valence-corrected chi connectivity index (χ3v) is 2.47. The van der Waals surface area contributed by atoms with Gasteiger partial charge in [0.05, 0.1) is 24.3 Å². The van der Waals surface area contributed by atoms with Gasteiger partial charge in [0.2, 0.25) is 5.91 Å². The molecule has 0 aliphatic carbocycles. The van der Waals surface area contributed by atoms with E-state index in [1.54, 1.807) is 0 Å². The number of amides is 1. The van der Waals surface area contributed by atoms with Crippen molar-refractivity contribution in [1.29, 1.82) is 0 Å². The van der Waals surface area contributed by atoms with Crippen molar-refractivity contribution in [2.24, 2.45) is 10.9 Å². The second kappa shape index (κ2) is 8.11. The maximum atomic E-state index is 13.6. The number of nitrogens with two attached hydrogens (primary N) is 1. The van der Waals surface area contributed by atoms with Crippen molar-refractivity contribution in [3.8, 4) is 0 Å². The number of oxime groups is 1. The Hall–Kier alpha value is -2.15. The Morgan fingerprint density at radius 2 is 2.25 bits per heavy atom. The minimum absolute atomic E-state index is 0.141. The van der Waals surface area contributed by atoms with E-state index in [0.29, 0.717) is 6.61 Å². The van der Waals surface area contributed by atoms with E-state index in [0.717, 1.165) is 12.5 Å². The van der Waals surface area contributed by atoms with Crippen LogP contribution in [-0.2, 0) is 9.53 Å². The van der Waals surface area contributed by atoms with Crippen LogP contribution in [0, 0.1) is 5.82 Å². The fourth-order valence-corrected chi connectivity index (χ4v) is 1.56. The van der Waals surface area contributed by atoms with Crippen LogP contribution in [0.2, 0.25) is 0 Å². The fourth-order valence-electron chi connectivity index (χ4n) is 1.56.